The van der Waals surface area contributed by atoms with Gasteiger partial charge in [0, 0.05) is 10.5 Å². The van der Waals surface area contributed by atoms with Crippen LogP contribution in [0.15, 0.2) is 21.5 Å². The van der Waals surface area contributed by atoms with Crippen LogP contribution in [0.3, 0.4) is 0 Å². The van der Waals surface area contributed by atoms with Crippen molar-refractivity contribution in [3.05, 3.63) is 28.2 Å². The Hall–Kier alpha value is -1.75. The number of anilines is 1. The predicted octanol–water partition coefficient (Wildman–Crippen LogP) is 1.65. The number of rotatable bonds is 4. The van der Waals surface area contributed by atoms with Crippen molar-refractivity contribution in [2.24, 2.45) is 0 Å². The van der Waals surface area contributed by atoms with Gasteiger partial charge >= 0.3 is 6.01 Å². The van der Waals surface area contributed by atoms with Crippen LogP contribution in [0.4, 0.5) is 14.7 Å². The molecule has 11 heteroatoms. The third-order valence-electron chi connectivity index (χ3n) is 2.11. The van der Waals surface area contributed by atoms with Crippen LogP contribution in [-0.2, 0) is 10.0 Å². The Morgan fingerprint density at radius 2 is 2.10 bits per heavy atom. The molecule has 1 heterocycles. The summed E-state index contributed by atoms with van der Waals surface area (Å²) in [5.74, 6) is -2.41. The molecule has 0 atom stereocenters. The molecule has 2 N–H and O–H groups in total. The highest BCUT2D eigenvalue weighted by Crippen LogP contribution is 2.27. The number of aromatic nitrogens is 3. The number of benzene rings is 1. The molecule has 108 valence electrons. The minimum Gasteiger partial charge on any atom is -0.466 e. The lowest BCUT2D eigenvalue weighted by atomic mass is 10.3. The van der Waals surface area contributed by atoms with Crippen LogP contribution in [0.1, 0.15) is 0 Å². The van der Waals surface area contributed by atoms with Crippen molar-refractivity contribution in [1.82, 2.24) is 15.2 Å². The van der Waals surface area contributed by atoms with Crippen molar-refractivity contribution in [1.29, 1.82) is 0 Å². The largest absolute Gasteiger partial charge is 0.466 e. The van der Waals surface area contributed by atoms with Crippen LogP contribution in [0, 0.1) is 11.6 Å². The molecule has 1 aromatic carbocycles. The van der Waals surface area contributed by atoms with E-state index in [1.165, 1.54) is 7.11 Å². The van der Waals surface area contributed by atoms with Crippen molar-refractivity contribution in [3.63, 3.8) is 0 Å². The first-order valence-corrected chi connectivity index (χ1v) is 7.25. The summed E-state index contributed by atoms with van der Waals surface area (Å²) in [7, 11) is -3.02. The van der Waals surface area contributed by atoms with Gasteiger partial charge in [-0.1, -0.05) is 0 Å². The Morgan fingerprint density at radius 1 is 1.40 bits per heavy atom. The fraction of sp³-hybridized carbons (Fsp3) is 0.111. The number of aromatic amines is 1. The highest BCUT2D eigenvalue weighted by atomic mass is 79.9. The van der Waals surface area contributed by atoms with Crippen LogP contribution in [-0.4, -0.2) is 30.7 Å². The second-order valence-electron chi connectivity index (χ2n) is 3.47. The summed E-state index contributed by atoms with van der Waals surface area (Å²) in [5, 5.41) is 5.77. The van der Waals surface area contributed by atoms with Gasteiger partial charge in [-0.05, 0) is 22.0 Å². The number of halogens is 3. The lowest BCUT2D eigenvalue weighted by Gasteiger charge is -2.08. The summed E-state index contributed by atoms with van der Waals surface area (Å²) < 4.78 is 57.0. The molecule has 2 aromatic rings. The summed E-state index contributed by atoms with van der Waals surface area (Å²) in [6.07, 6.45) is 0. The zero-order valence-electron chi connectivity index (χ0n) is 9.82. The summed E-state index contributed by atoms with van der Waals surface area (Å²) in [5.41, 5.74) is 0. The van der Waals surface area contributed by atoms with Crippen molar-refractivity contribution in [2.45, 2.75) is 4.90 Å². The van der Waals surface area contributed by atoms with Gasteiger partial charge in [0.15, 0.2) is 0 Å². The summed E-state index contributed by atoms with van der Waals surface area (Å²) in [6, 6.07) is 1.19. The molecular formula is C9H7BrF2N4O3S. The Balaban J connectivity index is 2.40. The molecule has 0 aliphatic heterocycles. The van der Waals surface area contributed by atoms with Crippen molar-refractivity contribution < 1.29 is 21.9 Å². The first-order chi connectivity index (χ1) is 9.33. The minimum atomic E-state index is -4.31. The molecule has 0 spiro atoms. The second kappa shape index (κ2) is 5.32. The molecule has 0 unspecified atom stereocenters. The molecule has 7 nitrogen and oxygen atoms in total. The molecule has 20 heavy (non-hydrogen) atoms. The number of nitrogens with one attached hydrogen (secondary N) is 2. The zero-order valence-corrected chi connectivity index (χ0v) is 12.2. The Morgan fingerprint density at radius 3 is 2.65 bits per heavy atom. The maximum absolute atomic E-state index is 13.6. The third-order valence-corrected chi connectivity index (χ3v) is 4.41. The van der Waals surface area contributed by atoms with Gasteiger partial charge in [0.1, 0.15) is 16.5 Å². The van der Waals surface area contributed by atoms with E-state index in [1.54, 1.807) is 0 Å². The molecular weight excluding hydrogens is 362 g/mol. The highest BCUT2D eigenvalue weighted by molar-refractivity contribution is 9.10. The fourth-order valence-electron chi connectivity index (χ4n) is 1.35. The second-order valence-corrected chi connectivity index (χ2v) is 5.95. The first-order valence-electron chi connectivity index (χ1n) is 4.97. The number of hydrogen-bond acceptors (Lipinski definition) is 5. The van der Waals surface area contributed by atoms with E-state index in [4.69, 9.17) is 0 Å². The average Bonchev–Trinajstić information content (AvgIpc) is 2.73. The van der Waals surface area contributed by atoms with Crippen molar-refractivity contribution >= 4 is 31.9 Å². The predicted molar refractivity (Wildman–Crippen MR) is 67.8 cm³/mol. The Bertz CT molecular complexity index is 726. The molecule has 2 rings (SSSR count). The molecule has 0 saturated carbocycles. The molecule has 0 fully saturated rings. The van der Waals surface area contributed by atoms with Crippen molar-refractivity contribution in [2.75, 3.05) is 11.8 Å². The van der Waals surface area contributed by atoms with E-state index in [1.807, 2.05) is 4.72 Å². The van der Waals surface area contributed by atoms with E-state index < -0.39 is 26.6 Å². The SMILES string of the molecule is COc1n[nH]c(NS(=O)(=O)c2c(F)cc(F)cc2Br)n1. The van der Waals surface area contributed by atoms with Crippen LogP contribution in [0.5, 0.6) is 6.01 Å². The molecule has 0 saturated heterocycles. The molecule has 0 bridgehead atoms. The summed E-state index contributed by atoms with van der Waals surface area (Å²) in [6.45, 7) is 0. The molecule has 1 aromatic heterocycles. The lowest BCUT2D eigenvalue weighted by Crippen LogP contribution is -2.16. The standard InChI is InChI=1S/C9H7BrF2N4O3S/c1-19-9-13-8(14-15-9)16-20(17,18)7-5(10)2-4(11)3-6(7)12/h2-3H,1H3,(H2,13,14,15,16). The number of ether oxygens (including phenoxy) is 1. The van der Waals surface area contributed by atoms with E-state index in [0.29, 0.717) is 6.07 Å². The van der Waals surface area contributed by atoms with E-state index >= 15 is 0 Å². The molecule has 0 amide bonds. The zero-order chi connectivity index (χ0) is 14.9. The molecule has 0 aliphatic rings. The minimum absolute atomic E-state index is 0.0960. The number of hydrogen-bond donors (Lipinski definition) is 2. The van der Waals surface area contributed by atoms with Crippen LogP contribution < -0.4 is 9.46 Å². The number of H-pyrrole nitrogens is 1. The molecule has 0 radical (unpaired) electrons. The van der Waals surface area contributed by atoms with Gasteiger partial charge in [0.2, 0.25) is 5.95 Å². The normalized spacial score (nSPS) is 11.4. The van der Waals surface area contributed by atoms with Gasteiger partial charge in [-0.25, -0.2) is 27.0 Å². The van der Waals surface area contributed by atoms with Crippen LogP contribution >= 0.6 is 15.9 Å². The first kappa shape index (κ1) is 14.7. The Labute approximate surface area is 120 Å². The number of nitrogens with zero attached hydrogens (tertiary/aromatic N) is 2. The van der Waals surface area contributed by atoms with Gasteiger partial charge in [0.05, 0.1) is 7.11 Å². The summed E-state index contributed by atoms with van der Waals surface area (Å²) >= 11 is 2.80. The van der Waals surface area contributed by atoms with Crippen LogP contribution in [0.25, 0.3) is 0 Å². The lowest BCUT2D eigenvalue weighted by molar-refractivity contribution is 0.382. The van der Waals surface area contributed by atoms with Gasteiger partial charge in [-0.2, -0.15) is 4.98 Å². The topological polar surface area (TPSA) is 97.0 Å². The molecule has 0 aliphatic carbocycles. The van der Waals surface area contributed by atoms with Gasteiger partial charge < -0.3 is 4.74 Å². The monoisotopic (exact) mass is 368 g/mol. The fourth-order valence-corrected chi connectivity index (χ4v) is 3.47. The van der Waals surface area contributed by atoms with Crippen molar-refractivity contribution in [3.8, 4) is 6.01 Å². The van der Waals surface area contributed by atoms with E-state index in [9.17, 15) is 17.2 Å². The number of sulfonamides is 1. The van der Waals surface area contributed by atoms with E-state index in [-0.39, 0.29) is 16.4 Å². The quantitative estimate of drug-likeness (QED) is 0.855. The van der Waals surface area contributed by atoms with E-state index in [2.05, 4.69) is 35.8 Å². The smallest absolute Gasteiger partial charge is 0.336 e. The average molecular weight is 369 g/mol. The summed E-state index contributed by atoms with van der Waals surface area (Å²) in [4.78, 5) is 2.88. The maximum Gasteiger partial charge on any atom is 0.336 e. The van der Waals surface area contributed by atoms with E-state index in [0.717, 1.165) is 6.07 Å². The maximum atomic E-state index is 13.6. The highest BCUT2D eigenvalue weighted by Gasteiger charge is 2.25. The third kappa shape index (κ3) is 2.88. The van der Waals surface area contributed by atoms with Gasteiger partial charge in [-0.3, -0.25) is 0 Å². The number of methoxy groups -OCH3 is 1. The Kier molecular flexibility index (Phi) is 3.90. The van der Waals surface area contributed by atoms with Gasteiger partial charge in [0.25, 0.3) is 10.0 Å². The van der Waals surface area contributed by atoms with Gasteiger partial charge in [-0.15, -0.1) is 5.10 Å². The van der Waals surface area contributed by atoms with Crippen LogP contribution in [0.2, 0.25) is 0 Å².